The number of hydroxylamine groups is 1. The molecule has 5 heteroatoms. The number of anilines is 2. The molecule has 0 amide bonds. The highest BCUT2D eigenvalue weighted by Gasteiger charge is 2.13. The van der Waals surface area contributed by atoms with E-state index in [1.807, 2.05) is 36.4 Å². The van der Waals surface area contributed by atoms with E-state index >= 15 is 0 Å². The molecule has 0 aliphatic rings. The number of guanidine groups is 1. The van der Waals surface area contributed by atoms with E-state index in [-0.39, 0.29) is 12.4 Å². The van der Waals surface area contributed by atoms with Crippen LogP contribution < -0.4 is 10.4 Å². The van der Waals surface area contributed by atoms with Gasteiger partial charge in [-0.2, -0.15) is 0 Å². The average molecular weight is 255 g/mol. The van der Waals surface area contributed by atoms with Gasteiger partial charge < -0.3 is 10.2 Å². The van der Waals surface area contributed by atoms with Crippen LogP contribution >= 0.6 is 0 Å². The van der Waals surface area contributed by atoms with Gasteiger partial charge in [0.25, 0.3) is 0 Å². The van der Waals surface area contributed by atoms with Gasteiger partial charge in [-0.3, -0.25) is 10.2 Å². The van der Waals surface area contributed by atoms with Crippen molar-refractivity contribution in [2.75, 3.05) is 10.4 Å². The topological polar surface area (TPSA) is 65.4 Å². The Morgan fingerprint density at radius 2 is 1.63 bits per heavy atom. The Balaban J connectivity index is 2.15. The number of nitrogens with one attached hydrogen (secondary N) is 2. The molecule has 0 spiro atoms. The lowest BCUT2D eigenvalue weighted by atomic mass is 10.3. The van der Waals surface area contributed by atoms with Crippen LogP contribution in [0.3, 0.4) is 0 Å². The van der Waals surface area contributed by atoms with Gasteiger partial charge in [0.15, 0.2) is 0 Å². The Labute approximate surface area is 110 Å². The number of hydrogen-bond donors (Lipinski definition) is 2. The SMILES string of the molecule is N=C(Nc1ccccc1)N(OC=O)c1ccccc1. The van der Waals surface area contributed by atoms with Gasteiger partial charge in [-0.15, -0.1) is 5.06 Å². The summed E-state index contributed by atoms with van der Waals surface area (Å²) >= 11 is 0. The normalized spacial score (nSPS) is 9.47. The molecule has 0 heterocycles. The second-order valence-electron chi connectivity index (χ2n) is 3.67. The zero-order valence-corrected chi connectivity index (χ0v) is 10.1. The Morgan fingerprint density at radius 3 is 2.21 bits per heavy atom. The van der Waals surface area contributed by atoms with Crippen LogP contribution in [0.5, 0.6) is 0 Å². The number of rotatable bonds is 4. The molecule has 0 fully saturated rings. The van der Waals surface area contributed by atoms with Gasteiger partial charge in [0.2, 0.25) is 5.96 Å². The van der Waals surface area contributed by atoms with Gasteiger partial charge in [0.1, 0.15) is 0 Å². The first kappa shape index (κ1) is 12.6. The summed E-state index contributed by atoms with van der Waals surface area (Å²) in [7, 11) is 0. The zero-order valence-electron chi connectivity index (χ0n) is 10.1. The first-order valence-electron chi connectivity index (χ1n) is 5.67. The highest BCUT2D eigenvalue weighted by molar-refractivity contribution is 6.02. The summed E-state index contributed by atoms with van der Waals surface area (Å²) in [4.78, 5) is 15.4. The lowest BCUT2D eigenvalue weighted by molar-refractivity contribution is -0.128. The molecule has 96 valence electrons. The minimum absolute atomic E-state index is 0.0514. The predicted molar refractivity (Wildman–Crippen MR) is 73.9 cm³/mol. The molecule has 5 nitrogen and oxygen atoms in total. The fourth-order valence-electron chi connectivity index (χ4n) is 1.56. The maximum atomic E-state index is 10.6. The van der Waals surface area contributed by atoms with E-state index in [9.17, 15) is 4.79 Å². The molecule has 0 saturated heterocycles. The molecule has 0 radical (unpaired) electrons. The van der Waals surface area contributed by atoms with Gasteiger partial charge in [-0.05, 0) is 24.3 Å². The standard InChI is InChI=1S/C14H13N3O2/c15-14(16-12-7-3-1-4-8-12)17(19-11-18)13-9-5-2-6-10-13/h1-11H,(H2,15,16). The monoisotopic (exact) mass is 255 g/mol. The van der Waals surface area contributed by atoms with Gasteiger partial charge in [0.05, 0.1) is 5.69 Å². The number of carbonyl (C=O) groups is 1. The van der Waals surface area contributed by atoms with E-state index in [1.165, 1.54) is 0 Å². The maximum Gasteiger partial charge on any atom is 0.321 e. The lowest BCUT2D eigenvalue weighted by Gasteiger charge is -2.21. The Hall–Kier alpha value is -2.82. The molecule has 2 rings (SSSR count). The van der Waals surface area contributed by atoms with E-state index < -0.39 is 0 Å². The molecule has 0 saturated carbocycles. The van der Waals surface area contributed by atoms with E-state index in [1.54, 1.807) is 24.3 Å². The third-order valence-electron chi connectivity index (χ3n) is 2.38. The van der Waals surface area contributed by atoms with Gasteiger partial charge >= 0.3 is 6.47 Å². The summed E-state index contributed by atoms with van der Waals surface area (Å²) in [5.41, 5.74) is 1.32. The smallest absolute Gasteiger partial charge is 0.321 e. The minimum Gasteiger partial charge on any atom is -0.336 e. The zero-order chi connectivity index (χ0) is 13.5. The van der Waals surface area contributed by atoms with Crippen LogP contribution in [-0.2, 0) is 9.63 Å². The molecule has 0 bridgehead atoms. The van der Waals surface area contributed by atoms with Gasteiger partial charge in [-0.1, -0.05) is 36.4 Å². The number of carbonyl (C=O) groups excluding carboxylic acids is 1. The molecule has 2 aromatic rings. The molecule has 0 aliphatic heterocycles. The molecule has 2 N–H and O–H groups in total. The Morgan fingerprint density at radius 1 is 1.05 bits per heavy atom. The summed E-state index contributed by atoms with van der Waals surface area (Å²) in [5, 5.41) is 11.9. The third-order valence-corrected chi connectivity index (χ3v) is 2.38. The summed E-state index contributed by atoms with van der Waals surface area (Å²) in [6.45, 7) is 0.286. The van der Waals surface area contributed by atoms with Crippen LogP contribution in [-0.4, -0.2) is 12.4 Å². The van der Waals surface area contributed by atoms with E-state index in [2.05, 4.69) is 5.32 Å². The molecule has 19 heavy (non-hydrogen) atoms. The van der Waals surface area contributed by atoms with Gasteiger partial charge in [0, 0.05) is 5.69 Å². The number of nitrogens with zero attached hydrogens (tertiary/aromatic N) is 1. The summed E-state index contributed by atoms with van der Waals surface area (Å²) in [6, 6.07) is 18.1. The van der Waals surface area contributed by atoms with Crippen molar-refractivity contribution >= 4 is 23.8 Å². The summed E-state index contributed by atoms with van der Waals surface area (Å²) < 4.78 is 0. The molecule has 2 aromatic carbocycles. The largest absolute Gasteiger partial charge is 0.336 e. The first-order valence-corrected chi connectivity index (χ1v) is 5.67. The second-order valence-corrected chi connectivity index (χ2v) is 3.67. The van der Waals surface area contributed by atoms with Crippen molar-refractivity contribution in [2.45, 2.75) is 0 Å². The first-order chi connectivity index (χ1) is 9.31. The molecular formula is C14H13N3O2. The number of para-hydroxylation sites is 2. The second kappa shape index (κ2) is 6.20. The summed E-state index contributed by atoms with van der Waals surface area (Å²) in [6.07, 6.45) is 0. The van der Waals surface area contributed by atoms with Crippen molar-refractivity contribution in [3.05, 3.63) is 60.7 Å². The number of benzene rings is 2. The fourth-order valence-corrected chi connectivity index (χ4v) is 1.56. The van der Waals surface area contributed by atoms with E-state index in [4.69, 9.17) is 10.2 Å². The lowest BCUT2D eigenvalue weighted by Crippen LogP contribution is -2.35. The average Bonchev–Trinajstić information content (AvgIpc) is 2.46. The van der Waals surface area contributed by atoms with Crippen molar-refractivity contribution in [3.8, 4) is 0 Å². The van der Waals surface area contributed by atoms with Crippen LogP contribution in [0.15, 0.2) is 60.7 Å². The summed E-state index contributed by atoms with van der Waals surface area (Å²) in [5.74, 6) is -0.0514. The highest BCUT2D eigenvalue weighted by Crippen LogP contribution is 2.15. The van der Waals surface area contributed by atoms with Crippen LogP contribution in [0.1, 0.15) is 0 Å². The Bertz CT molecular complexity index is 543. The minimum atomic E-state index is -0.0514. The van der Waals surface area contributed by atoms with Crippen LogP contribution in [0.4, 0.5) is 11.4 Å². The van der Waals surface area contributed by atoms with Crippen LogP contribution in [0.2, 0.25) is 0 Å². The predicted octanol–water partition coefficient (Wildman–Crippen LogP) is 2.63. The highest BCUT2D eigenvalue weighted by atomic mass is 16.7. The molecule has 0 aromatic heterocycles. The van der Waals surface area contributed by atoms with Crippen molar-refractivity contribution in [1.29, 1.82) is 5.41 Å². The third kappa shape index (κ3) is 3.32. The van der Waals surface area contributed by atoms with Crippen molar-refractivity contribution in [3.63, 3.8) is 0 Å². The van der Waals surface area contributed by atoms with E-state index in [0.717, 1.165) is 10.8 Å². The molecule has 0 atom stereocenters. The van der Waals surface area contributed by atoms with Crippen molar-refractivity contribution in [1.82, 2.24) is 0 Å². The molecule has 0 aliphatic carbocycles. The molecule has 0 unspecified atom stereocenters. The van der Waals surface area contributed by atoms with Crippen molar-refractivity contribution < 1.29 is 9.63 Å². The van der Waals surface area contributed by atoms with E-state index in [0.29, 0.717) is 5.69 Å². The fraction of sp³-hybridized carbons (Fsp3) is 0. The van der Waals surface area contributed by atoms with Gasteiger partial charge in [-0.25, -0.2) is 0 Å². The molecular weight excluding hydrogens is 242 g/mol. The van der Waals surface area contributed by atoms with Crippen LogP contribution in [0, 0.1) is 5.41 Å². The quantitative estimate of drug-likeness (QED) is 0.381. The Kier molecular flexibility index (Phi) is 4.12. The maximum absolute atomic E-state index is 10.6. The van der Waals surface area contributed by atoms with Crippen LogP contribution in [0.25, 0.3) is 0 Å². The number of hydrogen-bond acceptors (Lipinski definition) is 3. The van der Waals surface area contributed by atoms with Crippen molar-refractivity contribution in [2.24, 2.45) is 0 Å².